The number of halogens is 2. The van der Waals surface area contributed by atoms with Gasteiger partial charge in [-0.15, -0.1) is 0 Å². The number of carbonyl (C=O) groups is 1. The van der Waals surface area contributed by atoms with Crippen molar-refractivity contribution in [2.24, 2.45) is 5.92 Å². The van der Waals surface area contributed by atoms with Crippen LogP contribution in [0.15, 0.2) is 29.2 Å². The molecule has 8 heteroatoms. The van der Waals surface area contributed by atoms with E-state index in [0.717, 1.165) is 30.7 Å². The molecule has 1 aliphatic heterocycles. The molecule has 1 saturated heterocycles. The standard InChI is InChI=1S/C14H17F2NO4S/c15-14(16)22(20,21)12-5-3-10(4-6-12)8-17-7-1-2-11(9-17)13(18)19/h3-6,11,14H,1-2,7-9H2,(H,18,19). The van der Waals surface area contributed by atoms with E-state index in [1.165, 1.54) is 12.1 Å². The van der Waals surface area contributed by atoms with Crippen LogP contribution in [0, 0.1) is 5.92 Å². The van der Waals surface area contributed by atoms with Gasteiger partial charge in [-0.25, -0.2) is 8.42 Å². The minimum absolute atomic E-state index is 0.396. The molecule has 2 rings (SSSR count). The van der Waals surface area contributed by atoms with Gasteiger partial charge >= 0.3 is 11.7 Å². The van der Waals surface area contributed by atoms with Gasteiger partial charge in [-0.05, 0) is 37.1 Å². The Kier molecular flexibility index (Phi) is 5.12. The van der Waals surface area contributed by atoms with Gasteiger partial charge in [0.15, 0.2) is 0 Å². The van der Waals surface area contributed by atoms with Crippen molar-refractivity contribution in [3.05, 3.63) is 29.8 Å². The van der Waals surface area contributed by atoms with Crippen molar-refractivity contribution in [3.63, 3.8) is 0 Å². The number of likely N-dealkylation sites (tertiary alicyclic amines) is 1. The molecule has 0 saturated carbocycles. The van der Waals surface area contributed by atoms with Gasteiger partial charge < -0.3 is 5.11 Å². The average molecular weight is 333 g/mol. The number of hydrogen-bond acceptors (Lipinski definition) is 4. The summed E-state index contributed by atoms with van der Waals surface area (Å²) in [6, 6.07) is 5.30. The molecule has 1 N–H and O–H groups in total. The zero-order chi connectivity index (χ0) is 16.3. The highest BCUT2D eigenvalue weighted by molar-refractivity contribution is 7.91. The normalized spacial score (nSPS) is 20.2. The SMILES string of the molecule is O=C(O)C1CCCN(Cc2ccc(S(=O)(=O)C(F)F)cc2)C1. The summed E-state index contributed by atoms with van der Waals surface area (Å²) in [4.78, 5) is 12.6. The van der Waals surface area contributed by atoms with Gasteiger partial charge in [0.05, 0.1) is 10.8 Å². The maximum absolute atomic E-state index is 12.4. The minimum Gasteiger partial charge on any atom is -0.481 e. The Morgan fingerprint density at radius 3 is 2.50 bits per heavy atom. The van der Waals surface area contributed by atoms with E-state index in [2.05, 4.69) is 0 Å². The Balaban J connectivity index is 2.04. The van der Waals surface area contributed by atoms with Gasteiger partial charge in [0, 0.05) is 13.1 Å². The van der Waals surface area contributed by atoms with Gasteiger partial charge in [0.25, 0.3) is 0 Å². The summed E-state index contributed by atoms with van der Waals surface area (Å²) in [6.07, 6.45) is 1.44. The van der Waals surface area contributed by atoms with Gasteiger partial charge in [-0.2, -0.15) is 8.78 Å². The number of carboxylic acids is 1. The fourth-order valence-corrected chi connectivity index (χ4v) is 3.27. The van der Waals surface area contributed by atoms with Crippen LogP contribution in [0.4, 0.5) is 8.78 Å². The van der Waals surface area contributed by atoms with E-state index in [-0.39, 0.29) is 0 Å². The third-order valence-corrected chi connectivity index (χ3v) is 5.15. The Morgan fingerprint density at radius 2 is 1.95 bits per heavy atom. The number of hydrogen-bond donors (Lipinski definition) is 1. The Hall–Kier alpha value is -1.54. The van der Waals surface area contributed by atoms with Crippen LogP contribution in [0.3, 0.4) is 0 Å². The lowest BCUT2D eigenvalue weighted by atomic mass is 9.98. The van der Waals surface area contributed by atoms with Crippen molar-refractivity contribution >= 4 is 15.8 Å². The van der Waals surface area contributed by atoms with Crippen LogP contribution >= 0.6 is 0 Å². The molecular formula is C14H17F2NO4S. The summed E-state index contributed by atoms with van der Waals surface area (Å²) in [5.41, 5.74) is 0.763. The molecule has 122 valence electrons. The number of piperidine rings is 1. The van der Waals surface area contributed by atoms with Crippen LogP contribution in [0.5, 0.6) is 0 Å². The highest BCUT2D eigenvalue weighted by Gasteiger charge is 2.27. The molecule has 5 nitrogen and oxygen atoms in total. The molecule has 0 amide bonds. The maximum atomic E-state index is 12.4. The Bertz CT molecular complexity index is 631. The van der Waals surface area contributed by atoms with Crippen molar-refractivity contribution < 1.29 is 27.1 Å². The number of alkyl halides is 2. The van der Waals surface area contributed by atoms with E-state index in [1.54, 1.807) is 0 Å². The molecule has 1 atom stereocenters. The van der Waals surface area contributed by atoms with Gasteiger partial charge in [-0.3, -0.25) is 9.69 Å². The molecule has 0 aliphatic carbocycles. The first-order chi connectivity index (χ1) is 10.3. The summed E-state index contributed by atoms with van der Waals surface area (Å²) in [5.74, 6) is -4.65. The number of sulfone groups is 1. The zero-order valence-electron chi connectivity index (χ0n) is 11.8. The molecule has 22 heavy (non-hydrogen) atoms. The summed E-state index contributed by atoms with van der Waals surface area (Å²) < 4.78 is 47.5. The number of carboxylic acid groups (broad SMARTS) is 1. The van der Waals surface area contributed by atoms with E-state index >= 15 is 0 Å². The number of benzene rings is 1. The Labute approximate surface area is 127 Å². The first kappa shape index (κ1) is 16.8. The second-order valence-corrected chi connectivity index (χ2v) is 7.28. The molecule has 1 fully saturated rings. The zero-order valence-corrected chi connectivity index (χ0v) is 12.6. The second kappa shape index (κ2) is 6.70. The quantitative estimate of drug-likeness (QED) is 0.892. The molecule has 0 spiro atoms. The topological polar surface area (TPSA) is 74.7 Å². The van der Waals surface area contributed by atoms with Gasteiger partial charge in [-0.1, -0.05) is 12.1 Å². The molecule has 0 bridgehead atoms. The van der Waals surface area contributed by atoms with Gasteiger partial charge in [0.1, 0.15) is 0 Å². The third kappa shape index (κ3) is 3.80. The van der Waals surface area contributed by atoms with E-state index in [4.69, 9.17) is 5.11 Å². The average Bonchev–Trinajstić information content (AvgIpc) is 2.48. The van der Waals surface area contributed by atoms with Crippen LogP contribution in [0.1, 0.15) is 18.4 Å². The number of nitrogens with zero attached hydrogens (tertiary/aromatic N) is 1. The lowest BCUT2D eigenvalue weighted by Crippen LogP contribution is -2.38. The molecule has 0 aromatic heterocycles. The molecule has 1 aliphatic rings. The van der Waals surface area contributed by atoms with Crippen LogP contribution in [-0.4, -0.2) is 43.2 Å². The van der Waals surface area contributed by atoms with Crippen LogP contribution in [0.25, 0.3) is 0 Å². The molecule has 1 aromatic rings. The first-order valence-corrected chi connectivity index (χ1v) is 8.41. The highest BCUT2D eigenvalue weighted by atomic mass is 32.2. The molecule has 1 aromatic carbocycles. The predicted molar refractivity (Wildman–Crippen MR) is 75.3 cm³/mol. The summed E-state index contributed by atoms with van der Waals surface area (Å²) in [7, 11) is -4.57. The Morgan fingerprint density at radius 1 is 1.32 bits per heavy atom. The highest BCUT2D eigenvalue weighted by Crippen LogP contribution is 2.21. The van der Waals surface area contributed by atoms with E-state index in [9.17, 15) is 22.0 Å². The van der Waals surface area contributed by atoms with E-state index in [1.807, 2.05) is 4.90 Å². The molecule has 0 radical (unpaired) electrons. The van der Waals surface area contributed by atoms with Crippen molar-refractivity contribution in [1.29, 1.82) is 0 Å². The fraction of sp³-hybridized carbons (Fsp3) is 0.500. The molecule has 1 unspecified atom stereocenters. The molecular weight excluding hydrogens is 316 g/mol. The monoisotopic (exact) mass is 333 g/mol. The van der Waals surface area contributed by atoms with E-state index in [0.29, 0.717) is 19.5 Å². The van der Waals surface area contributed by atoms with Crippen LogP contribution < -0.4 is 0 Å². The predicted octanol–water partition coefficient (Wildman–Crippen LogP) is 1.98. The van der Waals surface area contributed by atoms with Crippen molar-refractivity contribution in [2.75, 3.05) is 13.1 Å². The number of aliphatic carboxylic acids is 1. The lowest BCUT2D eigenvalue weighted by molar-refractivity contribution is -0.143. The first-order valence-electron chi connectivity index (χ1n) is 6.87. The number of rotatable bonds is 5. The van der Waals surface area contributed by atoms with Crippen molar-refractivity contribution in [2.45, 2.75) is 30.0 Å². The van der Waals surface area contributed by atoms with Crippen LogP contribution in [-0.2, 0) is 21.2 Å². The third-order valence-electron chi connectivity index (χ3n) is 3.75. The van der Waals surface area contributed by atoms with Crippen molar-refractivity contribution in [1.82, 2.24) is 4.90 Å². The lowest BCUT2D eigenvalue weighted by Gasteiger charge is -2.30. The smallest absolute Gasteiger partial charge is 0.341 e. The second-order valence-electron chi connectivity index (χ2n) is 5.36. The minimum atomic E-state index is -4.57. The van der Waals surface area contributed by atoms with Crippen molar-refractivity contribution in [3.8, 4) is 0 Å². The summed E-state index contributed by atoms with van der Waals surface area (Å²) in [6.45, 7) is 1.67. The fourth-order valence-electron chi connectivity index (χ4n) is 2.55. The molecule has 1 heterocycles. The summed E-state index contributed by atoms with van der Waals surface area (Å²) in [5, 5.41) is 9.04. The maximum Gasteiger partial charge on any atom is 0.341 e. The van der Waals surface area contributed by atoms with Crippen LogP contribution in [0.2, 0.25) is 0 Å². The largest absolute Gasteiger partial charge is 0.481 e. The van der Waals surface area contributed by atoms with Gasteiger partial charge in [0.2, 0.25) is 9.84 Å². The van der Waals surface area contributed by atoms with E-state index < -0.39 is 32.4 Å². The summed E-state index contributed by atoms with van der Waals surface area (Å²) >= 11 is 0.